The van der Waals surface area contributed by atoms with Crippen LogP contribution in [0.1, 0.15) is 61.5 Å². The van der Waals surface area contributed by atoms with Gasteiger partial charge in [0.1, 0.15) is 12.2 Å². The largest absolute Gasteiger partial charge is 0.463 e. The van der Waals surface area contributed by atoms with E-state index in [1.807, 2.05) is 19.1 Å². The Labute approximate surface area is 190 Å². The molecule has 33 heavy (non-hydrogen) atoms. The Morgan fingerprint density at radius 1 is 1.12 bits per heavy atom. The van der Waals surface area contributed by atoms with Crippen molar-refractivity contribution in [2.45, 2.75) is 52.6 Å². The molecule has 0 radical (unpaired) electrons. The van der Waals surface area contributed by atoms with Gasteiger partial charge in [0.05, 0.1) is 23.4 Å². The highest BCUT2D eigenvalue weighted by Gasteiger charge is 2.23. The van der Waals surface area contributed by atoms with Gasteiger partial charge in [-0.05, 0) is 49.1 Å². The summed E-state index contributed by atoms with van der Waals surface area (Å²) in [6.07, 6.45) is -1.27. The maximum atomic E-state index is 13.8. The minimum atomic E-state index is -2.72. The maximum absolute atomic E-state index is 13.8. The first kappa shape index (κ1) is 22.6. The van der Waals surface area contributed by atoms with Crippen LogP contribution in [-0.4, -0.2) is 20.7 Å². The fraction of sp³-hybridized carbons (Fsp3) is 0.320. The van der Waals surface area contributed by atoms with E-state index in [1.165, 1.54) is 22.6 Å². The molecule has 0 aliphatic carbocycles. The molecule has 0 bridgehead atoms. The summed E-state index contributed by atoms with van der Waals surface area (Å²) in [5.41, 5.74) is 2.90. The highest BCUT2D eigenvalue weighted by atomic mass is 19.3. The Bertz CT molecular complexity index is 1260. The van der Waals surface area contributed by atoms with Gasteiger partial charge < -0.3 is 9.73 Å². The van der Waals surface area contributed by atoms with E-state index < -0.39 is 6.43 Å². The zero-order chi connectivity index (χ0) is 23.7. The average molecular weight is 453 g/mol. The van der Waals surface area contributed by atoms with Crippen molar-refractivity contribution in [3.63, 3.8) is 0 Å². The van der Waals surface area contributed by atoms with Gasteiger partial charge in [-0.15, -0.1) is 0 Å². The molecule has 3 aromatic heterocycles. The van der Waals surface area contributed by atoms with Gasteiger partial charge in [0, 0.05) is 5.56 Å². The Morgan fingerprint density at radius 2 is 1.82 bits per heavy atom. The molecule has 0 saturated carbocycles. The number of halogens is 2. The van der Waals surface area contributed by atoms with E-state index in [0.29, 0.717) is 17.4 Å². The molecule has 1 atom stereocenters. The van der Waals surface area contributed by atoms with E-state index in [1.54, 1.807) is 19.1 Å². The van der Waals surface area contributed by atoms with E-state index >= 15 is 0 Å². The van der Waals surface area contributed by atoms with E-state index in [4.69, 9.17) is 4.42 Å². The fourth-order valence-corrected chi connectivity index (χ4v) is 3.90. The van der Waals surface area contributed by atoms with Crippen LogP contribution in [0.4, 0.5) is 8.78 Å². The summed E-state index contributed by atoms with van der Waals surface area (Å²) in [5, 5.41) is 7.54. The summed E-state index contributed by atoms with van der Waals surface area (Å²) in [6, 6.07) is 12.5. The van der Waals surface area contributed by atoms with Crippen LogP contribution < -0.4 is 5.32 Å². The molecular formula is C25H26F2N4O2. The number of aryl methyl sites for hydroxylation is 1. The number of amides is 1. The number of benzene rings is 1. The summed E-state index contributed by atoms with van der Waals surface area (Å²) in [4.78, 5) is 17.3. The lowest BCUT2D eigenvalue weighted by molar-refractivity contribution is -0.122. The molecule has 6 nitrogen and oxygen atoms in total. The second kappa shape index (κ2) is 9.13. The van der Waals surface area contributed by atoms with Crippen LogP contribution in [0.25, 0.3) is 22.5 Å². The zero-order valence-corrected chi connectivity index (χ0v) is 19.0. The van der Waals surface area contributed by atoms with Crippen molar-refractivity contribution >= 4 is 16.9 Å². The van der Waals surface area contributed by atoms with Crippen LogP contribution in [0.2, 0.25) is 0 Å². The first-order valence-electron chi connectivity index (χ1n) is 10.8. The van der Waals surface area contributed by atoms with E-state index in [0.717, 1.165) is 5.56 Å². The number of aromatic nitrogens is 3. The van der Waals surface area contributed by atoms with Crippen molar-refractivity contribution in [3.05, 3.63) is 71.1 Å². The molecule has 0 aliphatic rings. The second-order valence-corrected chi connectivity index (χ2v) is 8.43. The molecule has 1 aromatic carbocycles. The summed E-state index contributed by atoms with van der Waals surface area (Å²) >= 11 is 0. The molecule has 0 spiro atoms. The first-order chi connectivity index (χ1) is 15.7. The lowest BCUT2D eigenvalue weighted by Gasteiger charge is -2.16. The summed E-state index contributed by atoms with van der Waals surface area (Å²) in [7, 11) is 0. The maximum Gasteiger partial charge on any atom is 0.264 e. The van der Waals surface area contributed by atoms with E-state index in [2.05, 4.69) is 41.4 Å². The first-order valence-corrected chi connectivity index (χ1v) is 10.8. The smallest absolute Gasteiger partial charge is 0.264 e. The van der Waals surface area contributed by atoms with E-state index in [9.17, 15) is 13.6 Å². The monoisotopic (exact) mass is 452 g/mol. The van der Waals surface area contributed by atoms with Crippen LogP contribution in [0.3, 0.4) is 0 Å². The molecule has 0 saturated heterocycles. The Balaban J connectivity index is 1.61. The summed E-state index contributed by atoms with van der Waals surface area (Å²) in [5.74, 6) is 0.507. The molecule has 0 fully saturated rings. The number of rotatable bonds is 7. The number of fused-ring (bicyclic) bond motifs is 1. The van der Waals surface area contributed by atoms with Gasteiger partial charge in [-0.3, -0.25) is 4.79 Å². The second-order valence-electron chi connectivity index (χ2n) is 8.43. The highest BCUT2D eigenvalue weighted by Crippen LogP contribution is 2.33. The molecular weight excluding hydrogens is 426 g/mol. The standard InChI is InChI=1S/C25H26F2N4O2/c1-14(2)17-7-9-18(10-8-17)15(3)28-22(32)13-31-25-23(16(4)30-31)19(24(26)27)12-20(29-25)21-6-5-11-33-21/h5-12,14-15,24H,13H2,1-4H3,(H,28,32). The lowest BCUT2D eigenvalue weighted by Crippen LogP contribution is -2.30. The number of hydrogen-bond acceptors (Lipinski definition) is 4. The molecule has 4 rings (SSSR count). The van der Waals surface area contributed by atoms with Gasteiger partial charge >= 0.3 is 0 Å². The number of hydrogen-bond donors (Lipinski definition) is 1. The normalized spacial score (nSPS) is 12.6. The number of alkyl halides is 2. The van der Waals surface area contributed by atoms with Crippen molar-refractivity contribution in [2.75, 3.05) is 0 Å². The van der Waals surface area contributed by atoms with Crippen LogP contribution >= 0.6 is 0 Å². The van der Waals surface area contributed by atoms with Gasteiger partial charge in [0.15, 0.2) is 11.4 Å². The van der Waals surface area contributed by atoms with Gasteiger partial charge in [-0.25, -0.2) is 18.4 Å². The zero-order valence-electron chi connectivity index (χ0n) is 19.0. The van der Waals surface area contributed by atoms with Crippen molar-refractivity contribution in [2.24, 2.45) is 0 Å². The third kappa shape index (κ3) is 4.65. The van der Waals surface area contributed by atoms with Crippen molar-refractivity contribution in [3.8, 4) is 11.5 Å². The number of carbonyl (C=O) groups excluding carboxylic acids is 1. The number of furan rings is 1. The predicted molar refractivity (Wildman–Crippen MR) is 122 cm³/mol. The molecule has 8 heteroatoms. The minimum absolute atomic E-state index is 0.143. The fourth-order valence-electron chi connectivity index (χ4n) is 3.90. The number of nitrogens with one attached hydrogen (secondary N) is 1. The Hall–Kier alpha value is -3.55. The molecule has 0 aliphatic heterocycles. The Morgan fingerprint density at radius 3 is 2.42 bits per heavy atom. The van der Waals surface area contributed by atoms with Crippen LogP contribution in [-0.2, 0) is 11.3 Å². The third-order valence-electron chi connectivity index (χ3n) is 5.69. The molecule has 4 aromatic rings. The molecule has 3 heterocycles. The van der Waals surface area contributed by atoms with E-state index in [-0.39, 0.29) is 40.8 Å². The quantitative estimate of drug-likeness (QED) is 0.377. The molecule has 1 unspecified atom stereocenters. The average Bonchev–Trinajstić information content (AvgIpc) is 3.42. The Kier molecular flexibility index (Phi) is 6.26. The van der Waals surface area contributed by atoms with Gasteiger partial charge in [0.25, 0.3) is 6.43 Å². The number of carbonyl (C=O) groups is 1. The van der Waals surface area contributed by atoms with Crippen molar-refractivity contribution < 1.29 is 18.0 Å². The van der Waals surface area contributed by atoms with Crippen LogP contribution in [0.15, 0.2) is 53.1 Å². The summed E-state index contributed by atoms with van der Waals surface area (Å²) in [6.45, 7) is 7.64. The molecule has 1 amide bonds. The number of pyridine rings is 1. The summed E-state index contributed by atoms with van der Waals surface area (Å²) < 4.78 is 34.4. The molecule has 172 valence electrons. The van der Waals surface area contributed by atoms with Gasteiger partial charge in [-0.2, -0.15) is 5.10 Å². The topological polar surface area (TPSA) is 73.0 Å². The number of nitrogens with zero attached hydrogens (tertiary/aromatic N) is 3. The van der Waals surface area contributed by atoms with Crippen LogP contribution in [0, 0.1) is 6.92 Å². The lowest BCUT2D eigenvalue weighted by atomic mass is 9.99. The molecule has 1 N–H and O–H groups in total. The van der Waals surface area contributed by atoms with Crippen molar-refractivity contribution in [1.29, 1.82) is 0 Å². The minimum Gasteiger partial charge on any atom is -0.463 e. The van der Waals surface area contributed by atoms with Gasteiger partial charge in [0.2, 0.25) is 5.91 Å². The highest BCUT2D eigenvalue weighted by molar-refractivity contribution is 5.86. The predicted octanol–water partition coefficient (Wildman–Crippen LogP) is 5.94. The van der Waals surface area contributed by atoms with Gasteiger partial charge in [-0.1, -0.05) is 38.1 Å². The SMILES string of the molecule is Cc1nn(CC(=O)NC(C)c2ccc(C(C)C)cc2)c2nc(-c3ccco3)cc(C(F)F)c12. The van der Waals surface area contributed by atoms with Crippen LogP contribution in [0.5, 0.6) is 0 Å². The van der Waals surface area contributed by atoms with Crippen molar-refractivity contribution in [1.82, 2.24) is 20.1 Å². The third-order valence-corrected chi connectivity index (χ3v) is 5.69.